The molecular formula is C15H10N2O. The minimum atomic E-state index is 0.674. The molecule has 0 amide bonds. The summed E-state index contributed by atoms with van der Waals surface area (Å²) in [4.78, 5) is 4.39. The first-order valence-corrected chi connectivity index (χ1v) is 5.67. The van der Waals surface area contributed by atoms with Crippen LogP contribution in [0.1, 0.15) is 16.8 Å². The normalized spacial score (nSPS) is 10.4. The molecule has 3 rings (SSSR count). The van der Waals surface area contributed by atoms with Crippen molar-refractivity contribution in [3.8, 4) is 6.07 Å². The van der Waals surface area contributed by atoms with E-state index in [1.54, 1.807) is 12.5 Å². The van der Waals surface area contributed by atoms with E-state index in [4.69, 9.17) is 9.68 Å². The van der Waals surface area contributed by atoms with E-state index in [9.17, 15) is 0 Å². The fourth-order valence-corrected chi connectivity index (χ4v) is 1.98. The average molecular weight is 234 g/mol. The third-order valence-electron chi connectivity index (χ3n) is 2.92. The van der Waals surface area contributed by atoms with Gasteiger partial charge in [0.1, 0.15) is 5.58 Å². The number of nitrogens with zero attached hydrogens (tertiary/aromatic N) is 2. The molecule has 3 heteroatoms. The molecule has 0 atom stereocenters. The maximum Gasteiger partial charge on any atom is 0.137 e. The molecule has 3 aromatic rings. The van der Waals surface area contributed by atoms with Crippen LogP contribution in [-0.2, 0) is 6.42 Å². The smallest absolute Gasteiger partial charge is 0.137 e. The molecule has 0 saturated heterocycles. The summed E-state index contributed by atoms with van der Waals surface area (Å²) >= 11 is 0. The molecule has 0 unspecified atom stereocenters. The summed E-state index contributed by atoms with van der Waals surface area (Å²) in [6.07, 6.45) is 4.17. The van der Waals surface area contributed by atoms with Crippen LogP contribution in [0.15, 0.2) is 53.3 Å². The van der Waals surface area contributed by atoms with Crippen LogP contribution in [0.5, 0.6) is 0 Å². The molecule has 2 heterocycles. The topological polar surface area (TPSA) is 49.8 Å². The Balaban J connectivity index is 1.96. The zero-order chi connectivity index (χ0) is 12.4. The van der Waals surface area contributed by atoms with Crippen LogP contribution in [0, 0.1) is 11.3 Å². The first-order chi connectivity index (χ1) is 8.86. The van der Waals surface area contributed by atoms with Crippen molar-refractivity contribution in [1.82, 2.24) is 4.98 Å². The van der Waals surface area contributed by atoms with E-state index in [1.165, 1.54) is 0 Å². The fraction of sp³-hybridized carbons (Fsp3) is 0.0667. The van der Waals surface area contributed by atoms with Gasteiger partial charge in [-0.1, -0.05) is 12.1 Å². The maximum atomic E-state index is 8.76. The number of hydrogen-bond donors (Lipinski definition) is 0. The SMILES string of the molecule is N#Cc1ccc(Cc2nccc3occc23)cc1. The number of hydrogen-bond acceptors (Lipinski definition) is 3. The monoisotopic (exact) mass is 234 g/mol. The van der Waals surface area contributed by atoms with E-state index in [2.05, 4.69) is 11.1 Å². The number of aromatic nitrogens is 1. The van der Waals surface area contributed by atoms with E-state index in [0.717, 1.165) is 28.6 Å². The Morgan fingerprint density at radius 1 is 1.11 bits per heavy atom. The Morgan fingerprint density at radius 2 is 1.94 bits per heavy atom. The van der Waals surface area contributed by atoms with Crippen molar-refractivity contribution in [2.75, 3.05) is 0 Å². The fourth-order valence-electron chi connectivity index (χ4n) is 1.98. The molecule has 86 valence electrons. The molecule has 3 nitrogen and oxygen atoms in total. The second-order valence-corrected chi connectivity index (χ2v) is 4.08. The van der Waals surface area contributed by atoms with E-state index in [0.29, 0.717) is 5.56 Å². The number of benzene rings is 1. The number of rotatable bonds is 2. The molecule has 1 aromatic carbocycles. The highest BCUT2D eigenvalue weighted by Crippen LogP contribution is 2.20. The Labute approximate surface area is 104 Å². The summed E-state index contributed by atoms with van der Waals surface area (Å²) < 4.78 is 5.35. The lowest BCUT2D eigenvalue weighted by molar-refractivity contribution is 0.615. The van der Waals surface area contributed by atoms with Crippen molar-refractivity contribution in [3.63, 3.8) is 0 Å². The van der Waals surface area contributed by atoms with Gasteiger partial charge in [-0.15, -0.1) is 0 Å². The highest BCUT2D eigenvalue weighted by Gasteiger charge is 2.05. The Hall–Kier alpha value is -2.60. The van der Waals surface area contributed by atoms with Gasteiger partial charge in [0.05, 0.1) is 23.6 Å². The van der Waals surface area contributed by atoms with Crippen molar-refractivity contribution < 1.29 is 4.42 Å². The van der Waals surface area contributed by atoms with Crippen molar-refractivity contribution in [3.05, 3.63) is 65.7 Å². The van der Waals surface area contributed by atoms with Gasteiger partial charge in [-0.25, -0.2) is 0 Å². The lowest BCUT2D eigenvalue weighted by Crippen LogP contribution is -1.92. The molecular weight excluding hydrogens is 224 g/mol. The lowest BCUT2D eigenvalue weighted by Gasteiger charge is -2.02. The molecule has 0 radical (unpaired) electrons. The molecule has 0 fully saturated rings. The molecule has 0 N–H and O–H groups in total. The Kier molecular flexibility index (Phi) is 2.54. The largest absolute Gasteiger partial charge is 0.464 e. The van der Waals surface area contributed by atoms with Crippen LogP contribution in [-0.4, -0.2) is 4.98 Å². The summed E-state index contributed by atoms with van der Waals surface area (Å²) in [6.45, 7) is 0. The molecule has 18 heavy (non-hydrogen) atoms. The van der Waals surface area contributed by atoms with E-state index in [1.807, 2.05) is 36.4 Å². The minimum absolute atomic E-state index is 0.674. The predicted molar refractivity (Wildman–Crippen MR) is 68.0 cm³/mol. The van der Waals surface area contributed by atoms with Crippen molar-refractivity contribution in [1.29, 1.82) is 5.26 Å². The Morgan fingerprint density at radius 3 is 2.72 bits per heavy atom. The van der Waals surface area contributed by atoms with Crippen LogP contribution in [0.25, 0.3) is 11.0 Å². The van der Waals surface area contributed by atoms with E-state index in [-0.39, 0.29) is 0 Å². The first kappa shape index (κ1) is 10.5. The number of pyridine rings is 1. The number of nitriles is 1. The van der Waals surface area contributed by atoms with Gasteiger partial charge in [0.25, 0.3) is 0 Å². The van der Waals surface area contributed by atoms with Crippen molar-refractivity contribution >= 4 is 11.0 Å². The van der Waals surface area contributed by atoms with E-state index >= 15 is 0 Å². The van der Waals surface area contributed by atoms with Crippen LogP contribution >= 0.6 is 0 Å². The molecule has 0 saturated carbocycles. The zero-order valence-corrected chi connectivity index (χ0v) is 9.63. The molecule has 0 spiro atoms. The highest BCUT2D eigenvalue weighted by molar-refractivity contribution is 5.79. The summed E-state index contributed by atoms with van der Waals surface area (Å²) in [5.74, 6) is 0. The molecule has 0 aliphatic rings. The summed E-state index contributed by atoms with van der Waals surface area (Å²) in [5, 5.41) is 9.80. The molecule has 0 bridgehead atoms. The predicted octanol–water partition coefficient (Wildman–Crippen LogP) is 3.29. The van der Waals surface area contributed by atoms with Gasteiger partial charge in [-0.05, 0) is 29.8 Å². The number of furan rings is 1. The van der Waals surface area contributed by atoms with Crippen LogP contribution in [0.2, 0.25) is 0 Å². The summed E-state index contributed by atoms with van der Waals surface area (Å²) in [6, 6.07) is 13.5. The van der Waals surface area contributed by atoms with Crippen LogP contribution in [0.4, 0.5) is 0 Å². The Bertz CT molecular complexity index is 720. The van der Waals surface area contributed by atoms with Crippen LogP contribution < -0.4 is 0 Å². The molecule has 0 aliphatic carbocycles. The van der Waals surface area contributed by atoms with Gasteiger partial charge >= 0.3 is 0 Å². The van der Waals surface area contributed by atoms with Gasteiger partial charge < -0.3 is 4.42 Å². The molecule has 0 aliphatic heterocycles. The number of fused-ring (bicyclic) bond motifs is 1. The van der Waals surface area contributed by atoms with Gasteiger partial charge in [0, 0.05) is 18.0 Å². The van der Waals surface area contributed by atoms with Crippen LogP contribution in [0.3, 0.4) is 0 Å². The van der Waals surface area contributed by atoms with Gasteiger partial charge in [-0.3, -0.25) is 4.98 Å². The van der Waals surface area contributed by atoms with Gasteiger partial charge in [0.15, 0.2) is 0 Å². The third kappa shape index (κ3) is 1.85. The van der Waals surface area contributed by atoms with E-state index < -0.39 is 0 Å². The minimum Gasteiger partial charge on any atom is -0.464 e. The average Bonchev–Trinajstić information content (AvgIpc) is 2.89. The molecule has 2 aromatic heterocycles. The quantitative estimate of drug-likeness (QED) is 0.683. The second-order valence-electron chi connectivity index (χ2n) is 4.08. The van der Waals surface area contributed by atoms with Crippen molar-refractivity contribution in [2.45, 2.75) is 6.42 Å². The third-order valence-corrected chi connectivity index (χ3v) is 2.92. The van der Waals surface area contributed by atoms with Gasteiger partial charge in [-0.2, -0.15) is 5.26 Å². The zero-order valence-electron chi connectivity index (χ0n) is 9.63. The lowest BCUT2D eigenvalue weighted by atomic mass is 10.1. The summed E-state index contributed by atoms with van der Waals surface area (Å²) in [7, 11) is 0. The van der Waals surface area contributed by atoms with Gasteiger partial charge in [0.2, 0.25) is 0 Å². The van der Waals surface area contributed by atoms with Crippen molar-refractivity contribution in [2.24, 2.45) is 0 Å². The second kappa shape index (κ2) is 4.34. The first-order valence-electron chi connectivity index (χ1n) is 5.67. The highest BCUT2D eigenvalue weighted by atomic mass is 16.3. The standard InChI is InChI=1S/C15H10N2O/c16-10-12-3-1-11(2-4-12)9-14-13-6-8-18-15(13)5-7-17-14/h1-8H,9H2. The summed E-state index contributed by atoms with van der Waals surface area (Å²) in [5.41, 5.74) is 3.66. The maximum absolute atomic E-state index is 8.76.